The van der Waals surface area contributed by atoms with Crippen LogP contribution in [0.3, 0.4) is 0 Å². The molecular formula is C23H25FN4O3. The Balaban J connectivity index is 0.00000272. The minimum atomic E-state index is -0.989. The molecule has 2 heterocycles. The summed E-state index contributed by atoms with van der Waals surface area (Å²) >= 11 is 0. The Morgan fingerprint density at radius 1 is 1.13 bits per heavy atom. The molecule has 0 fully saturated rings. The molecule has 162 valence electrons. The maximum absolute atomic E-state index is 13.3. The Bertz CT molecular complexity index is 1080. The summed E-state index contributed by atoms with van der Waals surface area (Å²) < 4.78 is 13.3. The molecule has 0 saturated carbocycles. The van der Waals surface area contributed by atoms with Gasteiger partial charge >= 0.3 is 5.97 Å². The van der Waals surface area contributed by atoms with E-state index in [1.807, 2.05) is 0 Å². The molecule has 1 aliphatic heterocycles. The fourth-order valence-electron chi connectivity index (χ4n) is 3.82. The Labute approximate surface area is 179 Å². The summed E-state index contributed by atoms with van der Waals surface area (Å²) in [5.41, 5.74) is 9.92. The normalized spacial score (nSPS) is 13.4. The van der Waals surface area contributed by atoms with Crippen LogP contribution >= 0.6 is 0 Å². The van der Waals surface area contributed by atoms with Gasteiger partial charge in [-0.2, -0.15) is 5.10 Å². The van der Waals surface area contributed by atoms with Crippen molar-refractivity contribution in [1.29, 1.82) is 0 Å². The number of carboxylic acid groups (broad SMARTS) is 1. The van der Waals surface area contributed by atoms with E-state index < -0.39 is 11.9 Å². The van der Waals surface area contributed by atoms with Gasteiger partial charge in [0.25, 0.3) is 0 Å². The van der Waals surface area contributed by atoms with Crippen LogP contribution in [0, 0.1) is 5.82 Å². The summed E-state index contributed by atoms with van der Waals surface area (Å²) in [5, 5.41) is 16.4. The van der Waals surface area contributed by atoms with E-state index in [9.17, 15) is 14.0 Å². The molecule has 4 N–H and O–H groups in total. The lowest BCUT2D eigenvalue weighted by molar-refractivity contribution is -0.133. The number of aromatic carboxylic acids is 1. The number of benzene rings is 2. The van der Waals surface area contributed by atoms with Crippen molar-refractivity contribution in [3.63, 3.8) is 0 Å². The second kappa shape index (κ2) is 9.09. The topological polar surface area (TPSA) is 112 Å². The van der Waals surface area contributed by atoms with Gasteiger partial charge < -0.3 is 15.7 Å². The quantitative estimate of drug-likeness (QED) is 0.560. The lowest BCUT2D eigenvalue weighted by Gasteiger charge is -2.23. The van der Waals surface area contributed by atoms with Crippen LogP contribution < -0.4 is 5.73 Å². The monoisotopic (exact) mass is 424 g/mol. The van der Waals surface area contributed by atoms with Crippen molar-refractivity contribution in [3.05, 3.63) is 76.7 Å². The zero-order valence-electron chi connectivity index (χ0n) is 16.1. The number of hydrogen-bond donors (Lipinski definition) is 3. The van der Waals surface area contributed by atoms with Gasteiger partial charge in [-0.1, -0.05) is 31.7 Å². The highest BCUT2D eigenvalue weighted by atomic mass is 19.1. The lowest BCUT2D eigenvalue weighted by atomic mass is 9.94. The van der Waals surface area contributed by atoms with Crippen LogP contribution in [0.25, 0.3) is 11.3 Å². The minimum absolute atomic E-state index is 0. The standard InChI is InChI=1S/C22H21FN4O3.CH4/c23-16-7-5-13(6-8-16)17(9-10-24)21(28)27-11-18-19(12-27)25-26-20(18)14-1-3-15(4-2-14)22(29)30;/h1-8,17H,9-12,24H2,(H,25,26)(H,29,30);1H4. The molecule has 4 rings (SSSR count). The van der Waals surface area contributed by atoms with Crippen molar-refractivity contribution in [2.45, 2.75) is 32.9 Å². The Morgan fingerprint density at radius 2 is 1.81 bits per heavy atom. The maximum atomic E-state index is 13.3. The van der Waals surface area contributed by atoms with Crippen LogP contribution in [0.2, 0.25) is 0 Å². The molecule has 1 amide bonds. The number of halogens is 1. The Hall–Kier alpha value is -3.52. The number of rotatable bonds is 6. The number of aromatic nitrogens is 2. The zero-order chi connectivity index (χ0) is 21.3. The smallest absolute Gasteiger partial charge is 0.335 e. The third kappa shape index (κ3) is 4.34. The zero-order valence-corrected chi connectivity index (χ0v) is 16.1. The van der Waals surface area contributed by atoms with Crippen LogP contribution in [0.1, 0.15) is 46.9 Å². The number of H-pyrrole nitrogens is 1. The van der Waals surface area contributed by atoms with E-state index in [0.29, 0.717) is 31.7 Å². The van der Waals surface area contributed by atoms with Gasteiger partial charge in [0.15, 0.2) is 0 Å². The van der Waals surface area contributed by atoms with E-state index in [4.69, 9.17) is 10.8 Å². The second-order valence-corrected chi connectivity index (χ2v) is 7.29. The summed E-state index contributed by atoms with van der Waals surface area (Å²) in [6, 6.07) is 12.4. The molecule has 0 radical (unpaired) electrons. The molecule has 1 atom stereocenters. The number of nitrogens with one attached hydrogen (secondary N) is 1. The average molecular weight is 424 g/mol. The SMILES string of the molecule is C.NCCC(C(=O)N1Cc2[nH]nc(-c3ccc(C(=O)O)cc3)c2C1)c1ccc(F)cc1. The van der Waals surface area contributed by atoms with Crippen LogP contribution in [0.4, 0.5) is 4.39 Å². The summed E-state index contributed by atoms with van der Waals surface area (Å²) in [6.45, 7) is 1.13. The summed E-state index contributed by atoms with van der Waals surface area (Å²) in [7, 11) is 0. The molecule has 8 heteroatoms. The van der Waals surface area contributed by atoms with E-state index in [2.05, 4.69) is 10.2 Å². The van der Waals surface area contributed by atoms with Gasteiger partial charge in [-0.3, -0.25) is 9.89 Å². The molecule has 0 spiro atoms. The molecule has 3 aromatic rings. The Kier molecular flexibility index (Phi) is 6.50. The van der Waals surface area contributed by atoms with Gasteiger partial charge in [0.2, 0.25) is 5.91 Å². The molecule has 7 nitrogen and oxygen atoms in total. The third-order valence-corrected chi connectivity index (χ3v) is 5.39. The van der Waals surface area contributed by atoms with Crippen LogP contribution in [-0.2, 0) is 17.9 Å². The number of carbonyl (C=O) groups excluding carboxylic acids is 1. The van der Waals surface area contributed by atoms with E-state index in [1.54, 1.807) is 29.2 Å². The fraction of sp³-hybridized carbons (Fsp3) is 0.261. The number of fused-ring (bicyclic) bond motifs is 1. The largest absolute Gasteiger partial charge is 0.478 e. The highest BCUT2D eigenvalue weighted by molar-refractivity contribution is 5.88. The second-order valence-electron chi connectivity index (χ2n) is 7.29. The first-order chi connectivity index (χ1) is 14.5. The van der Waals surface area contributed by atoms with Crippen LogP contribution in [-0.4, -0.2) is 38.6 Å². The molecule has 1 unspecified atom stereocenters. The van der Waals surface area contributed by atoms with Gasteiger partial charge in [0.05, 0.1) is 36.0 Å². The molecule has 31 heavy (non-hydrogen) atoms. The average Bonchev–Trinajstić information content (AvgIpc) is 3.33. The number of carbonyl (C=O) groups is 2. The predicted octanol–water partition coefficient (Wildman–Crippen LogP) is 3.52. The number of amides is 1. The molecule has 2 aromatic carbocycles. The fourth-order valence-corrected chi connectivity index (χ4v) is 3.82. The van der Waals surface area contributed by atoms with Gasteiger partial charge in [0, 0.05) is 11.1 Å². The van der Waals surface area contributed by atoms with Crippen molar-refractivity contribution in [3.8, 4) is 11.3 Å². The lowest BCUT2D eigenvalue weighted by Crippen LogP contribution is -2.32. The summed E-state index contributed by atoms with van der Waals surface area (Å²) in [4.78, 5) is 26.0. The molecule has 0 saturated heterocycles. The third-order valence-electron chi connectivity index (χ3n) is 5.39. The highest BCUT2D eigenvalue weighted by Crippen LogP contribution is 2.33. The van der Waals surface area contributed by atoms with Gasteiger partial charge in [-0.25, -0.2) is 9.18 Å². The van der Waals surface area contributed by atoms with Crippen molar-refractivity contribution in [1.82, 2.24) is 15.1 Å². The Morgan fingerprint density at radius 3 is 2.42 bits per heavy atom. The van der Waals surface area contributed by atoms with Gasteiger partial charge in [-0.05, 0) is 42.8 Å². The van der Waals surface area contributed by atoms with Gasteiger partial charge in [-0.15, -0.1) is 0 Å². The molecule has 0 aliphatic carbocycles. The molecular weight excluding hydrogens is 399 g/mol. The van der Waals surface area contributed by atoms with Crippen LogP contribution in [0.15, 0.2) is 48.5 Å². The molecule has 1 aliphatic rings. The van der Waals surface area contributed by atoms with E-state index in [0.717, 1.165) is 22.4 Å². The van der Waals surface area contributed by atoms with E-state index in [-0.39, 0.29) is 24.7 Å². The predicted molar refractivity (Wildman–Crippen MR) is 115 cm³/mol. The number of carboxylic acids is 1. The first kappa shape index (κ1) is 22.2. The highest BCUT2D eigenvalue weighted by Gasteiger charge is 2.32. The number of hydrogen-bond acceptors (Lipinski definition) is 4. The first-order valence-corrected chi connectivity index (χ1v) is 9.62. The molecule has 0 bridgehead atoms. The summed E-state index contributed by atoms with van der Waals surface area (Å²) in [6.07, 6.45) is 0.469. The van der Waals surface area contributed by atoms with Crippen LogP contribution in [0.5, 0.6) is 0 Å². The first-order valence-electron chi connectivity index (χ1n) is 9.62. The van der Waals surface area contributed by atoms with Crippen molar-refractivity contribution >= 4 is 11.9 Å². The van der Waals surface area contributed by atoms with Gasteiger partial charge in [0.1, 0.15) is 5.82 Å². The molecule has 1 aromatic heterocycles. The number of nitrogens with zero attached hydrogens (tertiary/aromatic N) is 2. The number of nitrogens with two attached hydrogens (primary N) is 1. The summed E-state index contributed by atoms with van der Waals surface area (Å²) in [5.74, 6) is -1.84. The van der Waals surface area contributed by atoms with E-state index >= 15 is 0 Å². The van der Waals surface area contributed by atoms with Crippen molar-refractivity contribution < 1.29 is 19.1 Å². The number of aromatic amines is 1. The minimum Gasteiger partial charge on any atom is -0.478 e. The van der Waals surface area contributed by atoms with Crippen molar-refractivity contribution in [2.75, 3.05) is 6.54 Å². The van der Waals surface area contributed by atoms with E-state index in [1.165, 1.54) is 24.3 Å². The maximum Gasteiger partial charge on any atom is 0.335 e. The van der Waals surface area contributed by atoms with Crippen molar-refractivity contribution in [2.24, 2.45) is 5.73 Å².